The summed E-state index contributed by atoms with van der Waals surface area (Å²) in [5.41, 5.74) is 0.360. The third-order valence-corrected chi connectivity index (χ3v) is 5.11. The van der Waals surface area contributed by atoms with Crippen LogP contribution in [0.3, 0.4) is 0 Å². The zero-order valence-electron chi connectivity index (χ0n) is 14.8. The summed E-state index contributed by atoms with van der Waals surface area (Å²) < 4.78 is 27.9. The van der Waals surface area contributed by atoms with Crippen molar-refractivity contribution in [3.63, 3.8) is 0 Å². The van der Waals surface area contributed by atoms with Crippen LogP contribution >= 0.6 is 0 Å². The lowest BCUT2D eigenvalue weighted by Gasteiger charge is -2.34. The second kappa shape index (κ2) is 7.38. The highest BCUT2D eigenvalue weighted by atomic mass is 19.1. The topological polar surface area (TPSA) is 62.5 Å². The highest BCUT2D eigenvalue weighted by Gasteiger charge is 2.33. The molecular weight excluding hydrogens is 354 g/mol. The lowest BCUT2D eigenvalue weighted by molar-refractivity contribution is 0.00476. The van der Waals surface area contributed by atoms with Crippen LogP contribution in [0.25, 0.3) is 0 Å². The van der Waals surface area contributed by atoms with Gasteiger partial charge in [-0.1, -0.05) is 0 Å². The van der Waals surface area contributed by atoms with Crippen LogP contribution in [0.15, 0.2) is 47.4 Å². The first kappa shape index (κ1) is 18.1. The lowest BCUT2D eigenvalue weighted by atomic mass is 10.0. The van der Waals surface area contributed by atoms with Crippen LogP contribution in [0, 0.1) is 11.6 Å². The Balaban J connectivity index is 1.54. The summed E-state index contributed by atoms with van der Waals surface area (Å²) in [6.45, 7) is 1.30. The van der Waals surface area contributed by atoms with Crippen LogP contribution < -0.4 is 0 Å². The van der Waals surface area contributed by atoms with E-state index in [1.807, 2.05) is 33.3 Å². The van der Waals surface area contributed by atoms with E-state index in [0.29, 0.717) is 24.5 Å². The average Bonchev–Trinajstić information content (AvgIpc) is 3.30. The van der Waals surface area contributed by atoms with Crippen LogP contribution in [0.1, 0.15) is 24.4 Å². The molecule has 1 aromatic carbocycles. The number of hydrogen-bond donors (Lipinski definition) is 2. The van der Waals surface area contributed by atoms with Crippen LogP contribution in [0.5, 0.6) is 0 Å². The molecule has 0 amide bonds. The monoisotopic (exact) mass is 376 g/mol. The average molecular weight is 376 g/mol. The van der Waals surface area contributed by atoms with Gasteiger partial charge in [0.15, 0.2) is 0 Å². The van der Waals surface area contributed by atoms with E-state index in [0.717, 1.165) is 31.3 Å². The first-order chi connectivity index (χ1) is 13.1. The van der Waals surface area contributed by atoms with Gasteiger partial charge in [-0.2, -0.15) is 0 Å². The van der Waals surface area contributed by atoms with Gasteiger partial charge in [-0.25, -0.2) is 18.8 Å². The smallest absolute Gasteiger partial charge is 0.146 e. The van der Waals surface area contributed by atoms with E-state index < -0.39 is 17.7 Å². The molecule has 4 rings (SSSR count). The van der Waals surface area contributed by atoms with Crippen LogP contribution in [0.2, 0.25) is 0 Å². The number of β-amino-alcohol motifs (C(OH)–C–C–N with tert-alkyl or cyclic N) is 1. The van der Waals surface area contributed by atoms with Gasteiger partial charge in [0.2, 0.25) is 0 Å². The van der Waals surface area contributed by atoms with Crippen LogP contribution in [-0.4, -0.2) is 63.3 Å². The van der Waals surface area contributed by atoms with Crippen molar-refractivity contribution in [2.45, 2.75) is 25.0 Å². The summed E-state index contributed by atoms with van der Waals surface area (Å²) >= 11 is 0. The number of benzene rings is 1. The second-order valence-corrected chi connectivity index (χ2v) is 6.92. The number of aliphatic imine (C=N–C) groups is 1. The van der Waals surface area contributed by atoms with Crippen molar-refractivity contribution in [1.82, 2.24) is 14.9 Å². The van der Waals surface area contributed by atoms with E-state index in [9.17, 15) is 13.9 Å². The number of fused-ring (bicyclic) bond motifs is 1. The number of amidine groups is 1. The van der Waals surface area contributed by atoms with E-state index in [4.69, 9.17) is 5.11 Å². The van der Waals surface area contributed by atoms with Gasteiger partial charge in [0.05, 0.1) is 18.8 Å². The Kier molecular flexibility index (Phi) is 4.94. The van der Waals surface area contributed by atoms with E-state index in [2.05, 4.69) is 4.99 Å². The van der Waals surface area contributed by atoms with E-state index in [1.54, 1.807) is 0 Å². The highest BCUT2D eigenvalue weighted by Crippen LogP contribution is 2.35. The Morgan fingerprint density at radius 3 is 2.96 bits per heavy atom. The van der Waals surface area contributed by atoms with Gasteiger partial charge in [0, 0.05) is 31.4 Å². The van der Waals surface area contributed by atoms with Gasteiger partial charge in [-0.3, -0.25) is 5.01 Å². The number of nitrogens with zero attached hydrogens (tertiary/aromatic N) is 4. The molecule has 0 unspecified atom stereocenters. The summed E-state index contributed by atoms with van der Waals surface area (Å²) in [5.74, 6) is 0.595. The maximum atomic E-state index is 14.3. The van der Waals surface area contributed by atoms with E-state index in [-0.39, 0.29) is 12.6 Å². The Morgan fingerprint density at radius 1 is 1.30 bits per heavy atom. The molecule has 0 aliphatic carbocycles. The Bertz CT molecular complexity index is 811. The predicted octanol–water partition coefficient (Wildman–Crippen LogP) is 1.75. The number of halogens is 2. The minimum absolute atomic E-state index is 0.245. The van der Waals surface area contributed by atoms with Gasteiger partial charge in [0.1, 0.15) is 23.3 Å². The molecule has 144 valence electrons. The summed E-state index contributed by atoms with van der Waals surface area (Å²) in [4.78, 5) is 6.69. The molecule has 0 spiro atoms. The minimum Gasteiger partial charge on any atom is -0.394 e. The fourth-order valence-electron chi connectivity index (χ4n) is 3.83. The van der Waals surface area contributed by atoms with Crippen LogP contribution in [-0.2, 0) is 0 Å². The summed E-state index contributed by atoms with van der Waals surface area (Å²) in [7, 11) is 0. The number of rotatable bonds is 4. The van der Waals surface area contributed by atoms with E-state index >= 15 is 0 Å². The third kappa shape index (κ3) is 3.47. The SMILES string of the molecule is OC[C@H](O)CN1CC=C2N=C(N3CCC[C@@H]3c3cc(F)ccc3F)C=CN21. The largest absolute Gasteiger partial charge is 0.394 e. The molecule has 0 bridgehead atoms. The molecule has 1 aromatic rings. The number of hydrogen-bond acceptors (Lipinski definition) is 6. The van der Waals surface area contributed by atoms with Crippen molar-refractivity contribution >= 4 is 5.84 Å². The predicted molar refractivity (Wildman–Crippen MR) is 96.2 cm³/mol. The van der Waals surface area contributed by atoms with Crippen molar-refractivity contribution in [3.8, 4) is 0 Å². The molecule has 2 atom stereocenters. The summed E-state index contributed by atoms with van der Waals surface area (Å²) in [6.07, 6.45) is 6.42. The maximum Gasteiger partial charge on any atom is 0.146 e. The molecule has 1 fully saturated rings. The normalized spacial score (nSPS) is 23.5. The quantitative estimate of drug-likeness (QED) is 0.839. The van der Waals surface area contributed by atoms with Crippen molar-refractivity contribution in [2.75, 3.05) is 26.2 Å². The second-order valence-electron chi connectivity index (χ2n) is 6.92. The zero-order chi connectivity index (χ0) is 19.0. The van der Waals surface area contributed by atoms with Gasteiger partial charge < -0.3 is 15.1 Å². The Labute approximate surface area is 156 Å². The van der Waals surface area contributed by atoms with Crippen molar-refractivity contribution in [2.24, 2.45) is 4.99 Å². The van der Waals surface area contributed by atoms with Gasteiger partial charge in [-0.15, -0.1) is 0 Å². The molecular formula is C19H22F2N4O2. The molecule has 0 aromatic heterocycles. The molecule has 1 saturated heterocycles. The molecule has 3 heterocycles. The fraction of sp³-hybridized carbons (Fsp3) is 0.421. The van der Waals surface area contributed by atoms with Crippen molar-refractivity contribution in [1.29, 1.82) is 0 Å². The molecule has 27 heavy (non-hydrogen) atoms. The van der Waals surface area contributed by atoms with Gasteiger partial charge >= 0.3 is 0 Å². The van der Waals surface area contributed by atoms with Gasteiger partial charge in [0.25, 0.3) is 0 Å². The number of hydrazine groups is 1. The summed E-state index contributed by atoms with van der Waals surface area (Å²) in [6, 6.07) is 3.33. The molecule has 0 saturated carbocycles. The molecule has 6 nitrogen and oxygen atoms in total. The van der Waals surface area contributed by atoms with Crippen LogP contribution in [0.4, 0.5) is 8.78 Å². The summed E-state index contributed by atoms with van der Waals surface area (Å²) in [5, 5.41) is 22.4. The maximum absolute atomic E-state index is 14.3. The van der Waals surface area contributed by atoms with Crippen molar-refractivity contribution < 1.29 is 19.0 Å². The molecule has 2 N–H and O–H groups in total. The first-order valence-electron chi connectivity index (χ1n) is 9.08. The first-order valence-corrected chi connectivity index (χ1v) is 9.08. The number of likely N-dealkylation sites (tertiary alicyclic amines) is 1. The lowest BCUT2D eigenvalue weighted by Crippen LogP contribution is -2.42. The van der Waals surface area contributed by atoms with E-state index in [1.165, 1.54) is 12.1 Å². The Morgan fingerprint density at radius 2 is 2.15 bits per heavy atom. The number of aliphatic hydroxyl groups excluding tert-OH is 2. The molecule has 0 radical (unpaired) electrons. The van der Waals surface area contributed by atoms with Crippen molar-refractivity contribution in [3.05, 3.63) is 59.6 Å². The van der Waals surface area contributed by atoms with Gasteiger partial charge in [-0.05, 0) is 43.2 Å². The third-order valence-electron chi connectivity index (χ3n) is 5.11. The zero-order valence-corrected chi connectivity index (χ0v) is 14.8. The highest BCUT2D eigenvalue weighted by molar-refractivity contribution is 5.95. The standard InChI is InChI=1S/C19H22F2N4O2/c20-13-3-4-16(21)15(10-13)17-2-1-7-24(17)18-6-9-25-19(22-18)5-8-23(25)11-14(27)12-26/h3-6,9-10,14,17,26-27H,1-2,7-8,11-12H2/t14-,17-/m1/s1. The number of aliphatic hydroxyl groups is 2. The molecule has 8 heteroatoms. The molecule has 3 aliphatic rings. The minimum atomic E-state index is -0.824. The molecule has 3 aliphatic heterocycles. The Hall–Kier alpha value is -2.29. The fourth-order valence-corrected chi connectivity index (χ4v) is 3.83.